The largest absolute Gasteiger partial charge is 0.456 e. The molecule has 1 aliphatic carbocycles. The monoisotopic (exact) mass is 672 g/mol. The molecule has 3 aromatic heterocycles. The molecule has 0 spiro atoms. The molecule has 53 heavy (non-hydrogen) atoms. The number of hydrogen-bond donors (Lipinski definition) is 0. The maximum atomic E-state index is 6.52. The molecule has 0 saturated carbocycles. The first kappa shape index (κ1) is 27.6. The molecule has 3 heteroatoms. The highest BCUT2D eigenvalue weighted by atomic mass is 16.3. The highest BCUT2D eigenvalue weighted by Gasteiger charge is 2.26. The van der Waals surface area contributed by atoms with Crippen LogP contribution in [0.25, 0.3) is 121 Å². The summed E-state index contributed by atoms with van der Waals surface area (Å²) >= 11 is 0. The fraction of sp³-hybridized carbons (Fsp3) is 0. The minimum atomic E-state index is 0.899. The normalized spacial score (nSPS) is 12.5. The van der Waals surface area contributed by atoms with E-state index in [0.29, 0.717) is 0 Å². The lowest BCUT2D eigenvalue weighted by Gasteiger charge is -2.13. The van der Waals surface area contributed by atoms with Gasteiger partial charge in [-0.05, 0) is 86.9 Å². The summed E-state index contributed by atoms with van der Waals surface area (Å²) in [4.78, 5) is 0. The Labute approximate surface area is 303 Å². The van der Waals surface area contributed by atoms with Gasteiger partial charge in [0.05, 0.1) is 33.1 Å². The van der Waals surface area contributed by atoms with Crippen LogP contribution in [0.2, 0.25) is 0 Å². The quantitative estimate of drug-likeness (QED) is 0.179. The van der Waals surface area contributed by atoms with Gasteiger partial charge in [0.2, 0.25) is 0 Å². The average molecular weight is 673 g/mol. The first-order valence-corrected chi connectivity index (χ1v) is 18.3. The van der Waals surface area contributed by atoms with E-state index in [1.165, 1.54) is 87.4 Å². The van der Waals surface area contributed by atoms with Crippen LogP contribution in [0.3, 0.4) is 0 Å². The molecule has 0 N–H and O–H groups in total. The Kier molecular flexibility index (Phi) is 5.11. The van der Waals surface area contributed by atoms with Gasteiger partial charge in [0.25, 0.3) is 0 Å². The zero-order valence-electron chi connectivity index (χ0n) is 28.5. The standard InChI is InChI=1S/C50H28N2O/c1-2-14-32-29(10-1)11-9-20-41(32)52-49-36(37-25-27-45-48(50(37)52)39-16-4-6-21-44(39)53-45)24-26-43-47(49)38-15-3-5-19-42(38)51(43)31-22-23-33-34-17-7-12-30-13-8-18-35(46(30)34)40(33)28-31/h1-28H. The number of benzene rings is 9. The first-order valence-electron chi connectivity index (χ1n) is 18.3. The van der Waals surface area contributed by atoms with E-state index >= 15 is 0 Å². The van der Waals surface area contributed by atoms with Crippen LogP contribution in [-0.4, -0.2) is 9.13 Å². The Bertz CT molecular complexity index is 3560. The smallest absolute Gasteiger partial charge is 0.137 e. The average Bonchev–Trinajstić information content (AvgIpc) is 3.95. The molecule has 0 unspecified atom stereocenters. The molecule has 0 atom stereocenters. The van der Waals surface area contributed by atoms with E-state index in [-0.39, 0.29) is 0 Å². The third-order valence-corrected chi connectivity index (χ3v) is 11.8. The molecule has 0 amide bonds. The van der Waals surface area contributed by atoms with Crippen LogP contribution >= 0.6 is 0 Å². The summed E-state index contributed by atoms with van der Waals surface area (Å²) in [5.74, 6) is 0. The molecule has 3 heterocycles. The minimum Gasteiger partial charge on any atom is -0.456 e. The van der Waals surface area contributed by atoms with Crippen molar-refractivity contribution >= 4 is 87.1 Å². The summed E-state index contributed by atoms with van der Waals surface area (Å²) in [6.45, 7) is 0. The molecule has 0 bridgehead atoms. The van der Waals surface area contributed by atoms with Gasteiger partial charge in [-0.25, -0.2) is 0 Å². The molecule has 9 aromatic carbocycles. The SMILES string of the molecule is c1ccc2c(-n3c4c(ccc5oc6ccccc6c54)c4ccc5c(c6ccccc6n5-c5ccc6c(c5)-c5cccc7cccc-6c57)c43)cccc2c1. The van der Waals surface area contributed by atoms with Crippen LogP contribution in [-0.2, 0) is 0 Å². The van der Waals surface area contributed by atoms with E-state index in [4.69, 9.17) is 4.42 Å². The van der Waals surface area contributed by atoms with Crippen molar-refractivity contribution in [1.29, 1.82) is 0 Å². The molecular weight excluding hydrogens is 645 g/mol. The Balaban J connectivity index is 1.21. The van der Waals surface area contributed by atoms with Crippen molar-refractivity contribution in [1.82, 2.24) is 9.13 Å². The van der Waals surface area contributed by atoms with Gasteiger partial charge in [-0.2, -0.15) is 0 Å². The summed E-state index contributed by atoms with van der Waals surface area (Å²) in [5.41, 5.74) is 14.1. The van der Waals surface area contributed by atoms with Crippen molar-refractivity contribution in [3.8, 4) is 33.6 Å². The highest BCUT2D eigenvalue weighted by Crippen LogP contribution is 2.50. The summed E-state index contributed by atoms with van der Waals surface area (Å²) in [6, 6.07) is 62.3. The molecule has 0 saturated heterocycles. The van der Waals surface area contributed by atoms with Crippen LogP contribution in [0, 0.1) is 0 Å². The maximum Gasteiger partial charge on any atom is 0.137 e. The van der Waals surface area contributed by atoms with E-state index in [1.54, 1.807) is 0 Å². The number of furan rings is 1. The van der Waals surface area contributed by atoms with Crippen LogP contribution in [0.5, 0.6) is 0 Å². The lowest BCUT2D eigenvalue weighted by Crippen LogP contribution is -1.97. The summed E-state index contributed by atoms with van der Waals surface area (Å²) in [6.07, 6.45) is 0. The van der Waals surface area contributed by atoms with Crippen LogP contribution in [0.15, 0.2) is 174 Å². The van der Waals surface area contributed by atoms with Gasteiger partial charge in [-0.1, -0.05) is 121 Å². The Hall–Kier alpha value is -7.10. The van der Waals surface area contributed by atoms with Gasteiger partial charge < -0.3 is 13.6 Å². The second kappa shape index (κ2) is 9.81. The number of para-hydroxylation sites is 2. The van der Waals surface area contributed by atoms with Crippen molar-refractivity contribution in [3.63, 3.8) is 0 Å². The lowest BCUT2D eigenvalue weighted by molar-refractivity contribution is 0.669. The fourth-order valence-electron chi connectivity index (χ4n) is 9.69. The van der Waals surface area contributed by atoms with E-state index < -0.39 is 0 Å². The Morgan fingerprint density at radius 3 is 1.91 bits per heavy atom. The van der Waals surface area contributed by atoms with Crippen molar-refractivity contribution in [3.05, 3.63) is 170 Å². The minimum absolute atomic E-state index is 0.899. The Morgan fingerprint density at radius 2 is 1.02 bits per heavy atom. The van der Waals surface area contributed by atoms with Gasteiger partial charge >= 0.3 is 0 Å². The molecule has 244 valence electrons. The number of fused-ring (bicyclic) bond motifs is 15. The van der Waals surface area contributed by atoms with E-state index in [1.807, 2.05) is 0 Å². The number of aromatic nitrogens is 2. The van der Waals surface area contributed by atoms with Gasteiger partial charge in [-0.15, -0.1) is 0 Å². The molecule has 1 aliphatic rings. The Morgan fingerprint density at radius 1 is 0.340 bits per heavy atom. The van der Waals surface area contributed by atoms with Crippen molar-refractivity contribution in [2.45, 2.75) is 0 Å². The third kappa shape index (κ3) is 3.44. The topological polar surface area (TPSA) is 23.0 Å². The fourth-order valence-corrected chi connectivity index (χ4v) is 9.69. The van der Waals surface area contributed by atoms with Crippen molar-refractivity contribution < 1.29 is 4.42 Å². The van der Waals surface area contributed by atoms with Crippen LogP contribution in [0.1, 0.15) is 0 Å². The van der Waals surface area contributed by atoms with Gasteiger partial charge in [-0.3, -0.25) is 0 Å². The first-order chi connectivity index (χ1) is 26.3. The van der Waals surface area contributed by atoms with Crippen molar-refractivity contribution in [2.75, 3.05) is 0 Å². The molecular formula is C50H28N2O. The van der Waals surface area contributed by atoms with Gasteiger partial charge in [0.1, 0.15) is 11.2 Å². The molecule has 13 rings (SSSR count). The molecule has 0 aliphatic heterocycles. The lowest BCUT2D eigenvalue weighted by atomic mass is 10.0. The molecule has 3 nitrogen and oxygen atoms in total. The summed E-state index contributed by atoms with van der Waals surface area (Å²) in [7, 11) is 0. The zero-order valence-corrected chi connectivity index (χ0v) is 28.5. The second-order valence-corrected chi connectivity index (χ2v) is 14.4. The third-order valence-electron chi connectivity index (χ3n) is 11.8. The number of hydrogen-bond acceptors (Lipinski definition) is 1. The predicted octanol–water partition coefficient (Wildman–Crippen LogP) is 13.7. The molecule has 12 aromatic rings. The van der Waals surface area contributed by atoms with Crippen molar-refractivity contribution in [2.24, 2.45) is 0 Å². The van der Waals surface area contributed by atoms with E-state index in [9.17, 15) is 0 Å². The second-order valence-electron chi connectivity index (χ2n) is 14.4. The molecule has 0 radical (unpaired) electrons. The van der Waals surface area contributed by atoms with E-state index in [0.717, 1.165) is 33.3 Å². The van der Waals surface area contributed by atoms with Gasteiger partial charge in [0, 0.05) is 38.0 Å². The number of rotatable bonds is 2. The summed E-state index contributed by atoms with van der Waals surface area (Å²) in [5, 5.41) is 12.3. The van der Waals surface area contributed by atoms with Gasteiger partial charge in [0.15, 0.2) is 0 Å². The van der Waals surface area contributed by atoms with Crippen LogP contribution in [0.4, 0.5) is 0 Å². The highest BCUT2D eigenvalue weighted by molar-refractivity contribution is 6.31. The van der Waals surface area contributed by atoms with E-state index in [2.05, 4.69) is 179 Å². The molecule has 0 fully saturated rings. The predicted molar refractivity (Wildman–Crippen MR) is 222 cm³/mol. The number of nitrogens with zero attached hydrogens (tertiary/aromatic N) is 2. The van der Waals surface area contributed by atoms with Crippen LogP contribution < -0.4 is 0 Å². The maximum absolute atomic E-state index is 6.52. The zero-order chi connectivity index (χ0) is 34.4. The summed E-state index contributed by atoms with van der Waals surface area (Å²) < 4.78 is 11.5.